The smallest absolute Gasteiger partial charge is 0.252 e. The van der Waals surface area contributed by atoms with Crippen molar-refractivity contribution in [2.45, 2.75) is 24.7 Å². The minimum atomic E-state index is -0.390. The monoisotopic (exact) mass is 778 g/mol. The molecule has 0 amide bonds. The zero-order valence-corrected chi connectivity index (χ0v) is 34.3. The largest absolute Gasteiger partial charge is 0.311 e. The van der Waals surface area contributed by atoms with Crippen LogP contribution < -0.4 is 21.3 Å². The van der Waals surface area contributed by atoms with E-state index >= 15 is 0 Å². The maximum absolute atomic E-state index is 2.54. The Labute approximate surface area is 358 Å². The van der Waals surface area contributed by atoms with Crippen molar-refractivity contribution in [3.8, 4) is 5.69 Å². The Morgan fingerprint density at radius 1 is 0.361 bits per heavy atom. The van der Waals surface area contributed by atoms with Crippen LogP contribution in [0.2, 0.25) is 0 Å². The number of para-hydroxylation sites is 2. The molecule has 0 bridgehead atoms. The number of hydrogen-bond donors (Lipinski definition) is 0. The lowest BCUT2D eigenvalue weighted by atomic mass is 9.33. The molecule has 2 aliphatic rings. The van der Waals surface area contributed by atoms with Gasteiger partial charge >= 0.3 is 0 Å². The zero-order chi connectivity index (χ0) is 40.7. The van der Waals surface area contributed by atoms with Crippen molar-refractivity contribution in [2.75, 3.05) is 4.90 Å². The number of benzene rings is 9. The summed E-state index contributed by atoms with van der Waals surface area (Å²) in [6, 6.07) is 83.4. The lowest BCUT2D eigenvalue weighted by Gasteiger charge is -2.41. The molecule has 288 valence electrons. The van der Waals surface area contributed by atoms with Crippen LogP contribution in [0.15, 0.2) is 224 Å². The van der Waals surface area contributed by atoms with Gasteiger partial charge < -0.3 is 9.47 Å². The average Bonchev–Trinajstić information content (AvgIpc) is 3.68. The van der Waals surface area contributed by atoms with Crippen molar-refractivity contribution in [1.29, 1.82) is 0 Å². The molecule has 0 aliphatic carbocycles. The molecule has 0 saturated carbocycles. The molecule has 12 rings (SSSR count). The van der Waals surface area contributed by atoms with Crippen LogP contribution in [0.4, 0.5) is 17.1 Å². The Bertz CT molecular complexity index is 3180. The lowest BCUT2D eigenvalue weighted by molar-refractivity contribution is 0.692. The van der Waals surface area contributed by atoms with E-state index in [1.54, 1.807) is 0 Å². The fourth-order valence-corrected chi connectivity index (χ4v) is 11.0. The van der Waals surface area contributed by atoms with E-state index in [1.165, 1.54) is 88.6 Å². The van der Waals surface area contributed by atoms with Crippen LogP contribution in [0.1, 0.15) is 47.2 Å². The summed E-state index contributed by atoms with van der Waals surface area (Å²) in [6.07, 6.45) is 0. The van der Waals surface area contributed by atoms with Gasteiger partial charge in [0, 0.05) is 49.9 Å². The molecule has 0 fully saturated rings. The summed E-state index contributed by atoms with van der Waals surface area (Å²) in [4.78, 5) is 2.53. The van der Waals surface area contributed by atoms with Crippen LogP contribution in [0.25, 0.3) is 27.5 Å². The minimum absolute atomic E-state index is 0.0347. The molecule has 0 N–H and O–H groups in total. The van der Waals surface area contributed by atoms with Crippen molar-refractivity contribution >= 4 is 62.0 Å². The Morgan fingerprint density at radius 3 is 1.44 bits per heavy atom. The number of anilines is 3. The fraction of sp³-hybridized carbons (Fsp3) is 0.0690. The normalized spacial score (nSPS) is 13.0. The van der Waals surface area contributed by atoms with E-state index in [1.807, 2.05) is 0 Å². The van der Waals surface area contributed by atoms with E-state index in [-0.39, 0.29) is 12.1 Å². The van der Waals surface area contributed by atoms with Gasteiger partial charge in [0.2, 0.25) is 0 Å². The zero-order valence-electron chi connectivity index (χ0n) is 34.3. The van der Waals surface area contributed by atoms with Crippen LogP contribution in [-0.4, -0.2) is 11.3 Å². The molecule has 0 radical (unpaired) electrons. The van der Waals surface area contributed by atoms with Gasteiger partial charge in [0.05, 0.1) is 5.52 Å². The number of nitrogens with zero attached hydrogens (tertiary/aromatic N) is 2. The molecule has 3 heterocycles. The second-order valence-corrected chi connectivity index (χ2v) is 17.1. The second kappa shape index (κ2) is 13.6. The summed E-state index contributed by atoms with van der Waals surface area (Å²) >= 11 is 0. The molecular formula is C58H43BN2. The fourth-order valence-electron chi connectivity index (χ4n) is 11.0. The highest BCUT2D eigenvalue weighted by atomic mass is 15.2. The van der Waals surface area contributed by atoms with Gasteiger partial charge in [0.1, 0.15) is 0 Å². The number of rotatable bonds is 7. The van der Waals surface area contributed by atoms with Crippen molar-refractivity contribution in [3.63, 3.8) is 0 Å². The van der Waals surface area contributed by atoms with Crippen LogP contribution in [0.3, 0.4) is 0 Å². The molecule has 10 aromatic rings. The minimum Gasteiger partial charge on any atom is -0.311 e. The Hall–Kier alpha value is -7.36. The van der Waals surface area contributed by atoms with Crippen molar-refractivity contribution < 1.29 is 0 Å². The van der Waals surface area contributed by atoms with Crippen molar-refractivity contribution in [3.05, 3.63) is 258 Å². The summed E-state index contributed by atoms with van der Waals surface area (Å²) in [5.41, 5.74) is 18.3. The molecule has 61 heavy (non-hydrogen) atoms. The SMILES string of the molecule is CC(c1ccccc1)(c1ccccc1)c1ccc(N2c3ccc(C(C)(c4ccccc4)c4ccccc4)cc3B3c4c2cccc4-n2c4ccccc4c4cccc3c42)cc1. The van der Waals surface area contributed by atoms with E-state index in [9.17, 15) is 0 Å². The van der Waals surface area contributed by atoms with Gasteiger partial charge in [-0.05, 0) is 100 Å². The molecule has 0 unspecified atom stereocenters. The summed E-state index contributed by atoms with van der Waals surface area (Å²) in [7, 11) is 0. The summed E-state index contributed by atoms with van der Waals surface area (Å²) in [5, 5.41) is 2.59. The van der Waals surface area contributed by atoms with E-state index in [0.29, 0.717) is 0 Å². The van der Waals surface area contributed by atoms with Crippen LogP contribution >= 0.6 is 0 Å². The maximum Gasteiger partial charge on any atom is 0.252 e. The molecule has 9 aromatic carbocycles. The van der Waals surface area contributed by atoms with Gasteiger partial charge in [-0.3, -0.25) is 0 Å². The third-order valence-electron chi connectivity index (χ3n) is 14.1. The molecule has 0 spiro atoms. The van der Waals surface area contributed by atoms with Crippen LogP contribution in [0, 0.1) is 0 Å². The van der Waals surface area contributed by atoms with Crippen LogP contribution in [0.5, 0.6) is 0 Å². The average molecular weight is 779 g/mol. The number of fused-ring (bicyclic) bond motifs is 7. The first kappa shape index (κ1) is 35.6. The lowest BCUT2D eigenvalue weighted by Crippen LogP contribution is -2.60. The molecule has 2 aliphatic heterocycles. The Morgan fingerprint density at radius 2 is 0.836 bits per heavy atom. The van der Waals surface area contributed by atoms with Gasteiger partial charge in [-0.2, -0.15) is 0 Å². The number of aromatic nitrogens is 1. The Kier molecular flexibility index (Phi) is 7.93. The van der Waals surface area contributed by atoms with Gasteiger partial charge in [-0.15, -0.1) is 0 Å². The highest BCUT2D eigenvalue weighted by Crippen LogP contribution is 2.46. The number of hydrogen-bond acceptors (Lipinski definition) is 1. The first-order valence-electron chi connectivity index (χ1n) is 21.5. The molecule has 0 saturated heterocycles. The topological polar surface area (TPSA) is 8.17 Å². The summed E-state index contributed by atoms with van der Waals surface area (Å²) in [5.74, 6) is 0. The molecule has 0 atom stereocenters. The van der Waals surface area contributed by atoms with Gasteiger partial charge in [0.25, 0.3) is 6.71 Å². The Balaban J connectivity index is 1.12. The van der Waals surface area contributed by atoms with Gasteiger partial charge in [-0.1, -0.05) is 188 Å². The highest BCUT2D eigenvalue weighted by Gasteiger charge is 2.43. The predicted molar refractivity (Wildman–Crippen MR) is 257 cm³/mol. The van der Waals surface area contributed by atoms with Crippen LogP contribution in [-0.2, 0) is 10.8 Å². The standard InChI is InChI=1S/C58H43BN2/c1-57(40-19-7-3-8-20-40,41-21-9-4-10-22-41)44-33-36-46(37-34-44)60-52-38-35-45(58(2,42-23-11-5-12-24-42)43-25-13-6-14-26-43)39-50(52)59-49-29-17-28-48-47-27-15-16-30-51(47)61(56(48)49)54-32-18-31-53(60)55(54)59/h3-39H,1-2H3. The molecule has 1 aromatic heterocycles. The predicted octanol–water partition coefficient (Wildman–Crippen LogP) is 12.1. The van der Waals surface area contributed by atoms with E-state index in [2.05, 4.69) is 248 Å². The molecular weight excluding hydrogens is 735 g/mol. The second-order valence-electron chi connectivity index (χ2n) is 17.1. The molecule has 3 heteroatoms. The molecule has 2 nitrogen and oxygen atoms in total. The maximum atomic E-state index is 2.54. The van der Waals surface area contributed by atoms with E-state index in [4.69, 9.17) is 0 Å². The first-order chi connectivity index (χ1) is 30.0. The highest BCUT2D eigenvalue weighted by molar-refractivity contribution is 7.00. The first-order valence-corrected chi connectivity index (χ1v) is 21.5. The third kappa shape index (κ3) is 5.10. The van der Waals surface area contributed by atoms with Gasteiger partial charge in [0.15, 0.2) is 0 Å². The van der Waals surface area contributed by atoms with Gasteiger partial charge in [-0.25, -0.2) is 0 Å². The van der Waals surface area contributed by atoms with Crippen molar-refractivity contribution in [2.24, 2.45) is 0 Å². The quantitative estimate of drug-likeness (QED) is 0.116. The third-order valence-corrected chi connectivity index (χ3v) is 14.1. The summed E-state index contributed by atoms with van der Waals surface area (Å²) < 4.78 is 2.54. The van der Waals surface area contributed by atoms with E-state index < -0.39 is 5.41 Å². The van der Waals surface area contributed by atoms with Crippen molar-refractivity contribution in [1.82, 2.24) is 4.57 Å². The summed E-state index contributed by atoms with van der Waals surface area (Å²) in [6.45, 7) is 4.79. The van der Waals surface area contributed by atoms with E-state index in [0.717, 1.165) is 5.69 Å².